The van der Waals surface area contributed by atoms with Gasteiger partial charge in [0.25, 0.3) is 12.3 Å². The van der Waals surface area contributed by atoms with Gasteiger partial charge in [-0.05, 0) is 51.1 Å². The van der Waals surface area contributed by atoms with Crippen LogP contribution in [0.2, 0.25) is 5.02 Å². The number of likely N-dealkylation sites (tertiary alicyclic amines) is 1. The molecule has 3 heterocycles. The normalized spacial score (nSPS) is 14.5. The Morgan fingerprint density at radius 2 is 1.93 bits per heavy atom. The first-order valence-corrected chi connectivity index (χ1v) is 14.3. The van der Waals surface area contributed by atoms with E-state index >= 15 is 0 Å². The van der Waals surface area contributed by atoms with Gasteiger partial charge in [-0.2, -0.15) is 5.10 Å². The Morgan fingerprint density at radius 1 is 1.24 bits per heavy atom. The zero-order valence-electron chi connectivity index (χ0n) is 25.1. The molecular formula is C29H39ClF2N8O2. The average Bonchev–Trinajstić information content (AvgIpc) is 3.44. The summed E-state index contributed by atoms with van der Waals surface area (Å²) >= 11 is 6.50. The van der Waals surface area contributed by atoms with E-state index < -0.39 is 18.0 Å². The summed E-state index contributed by atoms with van der Waals surface area (Å²) in [5.41, 5.74) is 0.726. The lowest BCUT2D eigenvalue weighted by atomic mass is 9.86. The first-order valence-electron chi connectivity index (χ1n) is 13.9. The molecule has 13 heteroatoms. The molecule has 2 amide bonds. The third kappa shape index (κ3) is 6.75. The number of aromatic nitrogens is 4. The number of halogens is 3. The van der Waals surface area contributed by atoms with E-state index in [1.165, 1.54) is 10.6 Å². The molecule has 228 valence electrons. The number of anilines is 1. The zero-order chi connectivity index (χ0) is 30.9. The molecule has 42 heavy (non-hydrogen) atoms. The van der Waals surface area contributed by atoms with E-state index in [0.717, 1.165) is 16.5 Å². The predicted molar refractivity (Wildman–Crippen MR) is 160 cm³/mol. The van der Waals surface area contributed by atoms with Crippen LogP contribution < -0.4 is 10.6 Å². The smallest absolute Gasteiger partial charge is 0.282 e. The van der Waals surface area contributed by atoms with Crippen molar-refractivity contribution in [2.45, 2.75) is 65.1 Å². The SMILES string of the molecule is CC(C)n1c(CNc2n[nH]c3cc(Cl)c(C(C)(C)C)cc23)nc(C(F)F)c1C(=O)NC1CN(C(=O)/C=C/CN(C)C)C1. The summed E-state index contributed by atoms with van der Waals surface area (Å²) < 4.78 is 29.9. The zero-order valence-corrected chi connectivity index (χ0v) is 25.8. The lowest BCUT2D eigenvalue weighted by Gasteiger charge is -2.39. The second-order valence-electron chi connectivity index (χ2n) is 12.2. The molecular weight excluding hydrogens is 566 g/mol. The van der Waals surface area contributed by atoms with Crippen molar-refractivity contribution in [2.24, 2.45) is 0 Å². The van der Waals surface area contributed by atoms with E-state index in [2.05, 4.69) is 46.6 Å². The Bertz CT molecular complexity index is 1480. The maximum atomic E-state index is 14.2. The van der Waals surface area contributed by atoms with Crippen molar-refractivity contribution < 1.29 is 18.4 Å². The molecule has 0 unspecified atom stereocenters. The number of carbonyl (C=O) groups excluding carboxylic acids is 2. The van der Waals surface area contributed by atoms with Crippen LogP contribution in [0.25, 0.3) is 10.9 Å². The van der Waals surface area contributed by atoms with Crippen molar-refractivity contribution >= 4 is 40.1 Å². The molecule has 1 aliphatic rings. The van der Waals surface area contributed by atoms with Crippen LogP contribution in [-0.2, 0) is 16.8 Å². The number of alkyl halides is 2. The number of nitrogens with zero attached hydrogens (tertiary/aromatic N) is 5. The lowest BCUT2D eigenvalue weighted by Crippen LogP contribution is -2.60. The van der Waals surface area contributed by atoms with E-state index in [1.807, 2.05) is 45.0 Å². The number of carbonyl (C=O) groups is 2. The minimum Gasteiger partial charge on any atom is -0.361 e. The van der Waals surface area contributed by atoms with Gasteiger partial charge in [-0.3, -0.25) is 14.7 Å². The molecule has 10 nitrogen and oxygen atoms in total. The Kier molecular flexibility index (Phi) is 9.27. The van der Waals surface area contributed by atoms with Crippen LogP contribution in [0.5, 0.6) is 0 Å². The molecule has 0 aliphatic carbocycles. The Hall–Kier alpha value is -3.51. The number of imidazole rings is 1. The number of aromatic amines is 1. The highest BCUT2D eigenvalue weighted by atomic mass is 35.5. The number of fused-ring (bicyclic) bond motifs is 1. The van der Waals surface area contributed by atoms with Gasteiger partial charge >= 0.3 is 0 Å². The van der Waals surface area contributed by atoms with Gasteiger partial charge in [0.1, 0.15) is 17.2 Å². The molecule has 4 rings (SSSR count). The Balaban J connectivity index is 1.52. The fourth-order valence-electron chi connectivity index (χ4n) is 4.94. The van der Waals surface area contributed by atoms with Gasteiger partial charge in [0, 0.05) is 42.2 Å². The van der Waals surface area contributed by atoms with Crippen LogP contribution in [0.3, 0.4) is 0 Å². The quantitative estimate of drug-likeness (QED) is 0.284. The maximum absolute atomic E-state index is 14.2. The van der Waals surface area contributed by atoms with Crippen LogP contribution in [0, 0.1) is 0 Å². The van der Waals surface area contributed by atoms with Crippen molar-refractivity contribution in [2.75, 3.05) is 39.0 Å². The van der Waals surface area contributed by atoms with Crippen molar-refractivity contribution in [3.63, 3.8) is 0 Å². The molecule has 0 atom stereocenters. The summed E-state index contributed by atoms with van der Waals surface area (Å²) in [7, 11) is 3.80. The predicted octanol–water partition coefficient (Wildman–Crippen LogP) is 4.90. The number of H-pyrrole nitrogens is 1. The summed E-state index contributed by atoms with van der Waals surface area (Å²) in [6, 6.07) is 3.11. The number of benzene rings is 1. The molecule has 3 aromatic rings. The molecule has 0 spiro atoms. The van der Waals surface area contributed by atoms with Crippen LogP contribution in [0.15, 0.2) is 24.3 Å². The summed E-state index contributed by atoms with van der Waals surface area (Å²) in [5, 5.41) is 14.7. The van der Waals surface area contributed by atoms with Crippen molar-refractivity contribution in [1.29, 1.82) is 0 Å². The summed E-state index contributed by atoms with van der Waals surface area (Å²) in [5.74, 6) is 0.00337. The number of nitrogens with one attached hydrogen (secondary N) is 3. The fraction of sp³-hybridized carbons (Fsp3) is 0.517. The molecule has 0 saturated carbocycles. The number of hydrogen-bond acceptors (Lipinski definition) is 6. The minimum absolute atomic E-state index is 0.0591. The summed E-state index contributed by atoms with van der Waals surface area (Å²) in [6.07, 6.45) is 0.319. The third-order valence-electron chi connectivity index (χ3n) is 7.08. The fourth-order valence-corrected chi connectivity index (χ4v) is 5.39. The molecule has 2 aromatic heterocycles. The van der Waals surface area contributed by atoms with Crippen molar-refractivity contribution in [3.8, 4) is 0 Å². The first-order chi connectivity index (χ1) is 19.7. The van der Waals surface area contributed by atoms with Gasteiger partial charge < -0.3 is 25.0 Å². The summed E-state index contributed by atoms with van der Waals surface area (Å²) in [4.78, 5) is 33.4. The van der Waals surface area contributed by atoms with E-state index in [1.54, 1.807) is 11.0 Å². The van der Waals surface area contributed by atoms with Crippen LogP contribution >= 0.6 is 11.6 Å². The molecule has 1 saturated heterocycles. The summed E-state index contributed by atoms with van der Waals surface area (Å²) in [6.45, 7) is 11.1. The second kappa shape index (κ2) is 12.4. The molecule has 1 fully saturated rings. The van der Waals surface area contributed by atoms with Crippen LogP contribution in [-0.4, -0.2) is 81.1 Å². The Morgan fingerprint density at radius 3 is 2.52 bits per heavy atom. The monoisotopic (exact) mass is 604 g/mol. The van der Waals surface area contributed by atoms with E-state index in [9.17, 15) is 18.4 Å². The maximum Gasteiger partial charge on any atom is 0.282 e. The highest BCUT2D eigenvalue weighted by Gasteiger charge is 2.35. The van der Waals surface area contributed by atoms with E-state index in [0.29, 0.717) is 30.5 Å². The average molecular weight is 605 g/mol. The molecule has 1 aromatic carbocycles. The molecule has 0 bridgehead atoms. The van der Waals surface area contributed by atoms with E-state index in [4.69, 9.17) is 11.6 Å². The number of amides is 2. The van der Waals surface area contributed by atoms with Gasteiger partial charge in [0.05, 0.1) is 18.1 Å². The van der Waals surface area contributed by atoms with E-state index in [-0.39, 0.29) is 41.5 Å². The van der Waals surface area contributed by atoms with Gasteiger partial charge in [-0.25, -0.2) is 13.8 Å². The topological polar surface area (TPSA) is 111 Å². The van der Waals surface area contributed by atoms with Crippen LogP contribution in [0.4, 0.5) is 14.6 Å². The highest BCUT2D eigenvalue weighted by molar-refractivity contribution is 6.32. The first kappa shape index (κ1) is 31.4. The third-order valence-corrected chi connectivity index (χ3v) is 7.39. The second-order valence-corrected chi connectivity index (χ2v) is 12.6. The Labute approximate surface area is 249 Å². The lowest BCUT2D eigenvalue weighted by molar-refractivity contribution is -0.130. The highest BCUT2D eigenvalue weighted by Crippen LogP contribution is 2.35. The number of rotatable bonds is 10. The van der Waals surface area contributed by atoms with Crippen molar-refractivity contribution in [3.05, 3.63) is 52.1 Å². The molecule has 3 N–H and O–H groups in total. The molecule has 0 radical (unpaired) electrons. The van der Waals surface area contributed by atoms with Crippen LogP contribution in [0.1, 0.15) is 74.7 Å². The van der Waals surface area contributed by atoms with Gasteiger partial charge in [0.15, 0.2) is 5.82 Å². The number of hydrogen-bond donors (Lipinski definition) is 3. The minimum atomic E-state index is -2.95. The van der Waals surface area contributed by atoms with Crippen molar-refractivity contribution in [1.82, 2.24) is 34.9 Å². The molecule has 1 aliphatic heterocycles. The van der Waals surface area contributed by atoms with Gasteiger partial charge in [-0.1, -0.05) is 38.4 Å². The largest absolute Gasteiger partial charge is 0.361 e. The van der Waals surface area contributed by atoms with Gasteiger partial charge in [-0.15, -0.1) is 0 Å². The van der Waals surface area contributed by atoms with Gasteiger partial charge in [0.2, 0.25) is 5.91 Å². The standard InChI is InChI=1S/C29H39ClF2N8O2/c1-16(2)40-22(13-33-27-18-11-19(29(3,4)5)20(30)12-21(18)36-37-27)35-24(26(31)32)25(40)28(42)34-17-14-39(15-17)23(41)9-8-10-38(6)7/h8-9,11-12,16-17,26H,10,13-15H2,1-7H3,(H,34,42)(H2,33,36,37)/b9-8+. The number of likely N-dealkylation sites (N-methyl/N-ethyl adjacent to an activating group) is 1.